The fourth-order valence-corrected chi connectivity index (χ4v) is 3.49. The molecule has 0 aliphatic heterocycles. The lowest BCUT2D eigenvalue weighted by Gasteiger charge is -2.36. The number of aliphatic hydroxyl groups is 1. The normalized spacial score (nSPS) is 15.2. The molecule has 0 bridgehead atoms. The third-order valence-corrected chi connectivity index (χ3v) is 11.4. The van der Waals surface area contributed by atoms with Gasteiger partial charge in [-0.05, 0) is 37.4 Å². The van der Waals surface area contributed by atoms with Crippen molar-refractivity contribution in [2.75, 3.05) is 6.61 Å². The molecular formula is C16H36O2Si2. The Morgan fingerprint density at radius 1 is 1.15 bits per heavy atom. The Balaban J connectivity index is 4.00. The van der Waals surface area contributed by atoms with Crippen molar-refractivity contribution in [3.63, 3.8) is 0 Å². The van der Waals surface area contributed by atoms with E-state index in [-0.39, 0.29) is 11.1 Å². The predicted molar refractivity (Wildman–Crippen MR) is 95.5 cm³/mol. The van der Waals surface area contributed by atoms with Gasteiger partial charge in [0.05, 0.1) is 14.2 Å². The summed E-state index contributed by atoms with van der Waals surface area (Å²) in [6, 6.07) is 0. The lowest BCUT2D eigenvalue weighted by molar-refractivity contribution is 0.152. The second kappa shape index (κ2) is 7.38. The van der Waals surface area contributed by atoms with Crippen molar-refractivity contribution in [3.8, 4) is 0 Å². The van der Waals surface area contributed by atoms with Crippen LogP contribution in [-0.4, -0.2) is 34.2 Å². The van der Waals surface area contributed by atoms with Crippen molar-refractivity contribution in [3.05, 3.63) is 11.8 Å². The monoisotopic (exact) mass is 316 g/mol. The molecule has 120 valence electrons. The van der Waals surface area contributed by atoms with Crippen LogP contribution in [0.3, 0.4) is 0 Å². The molecule has 0 spiro atoms. The second-order valence-corrected chi connectivity index (χ2v) is 18.5. The van der Waals surface area contributed by atoms with E-state index in [9.17, 15) is 5.11 Å². The average Bonchev–Trinajstić information content (AvgIpc) is 2.21. The van der Waals surface area contributed by atoms with E-state index in [1.165, 1.54) is 5.20 Å². The first-order valence-corrected chi connectivity index (χ1v) is 14.2. The van der Waals surface area contributed by atoms with Crippen LogP contribution in [0.1, 0.15) is 40.0 Å². The van der Waals surface area contributed by atoms with Crippen LogP contribution in [-0.2, 0) is 4.43 Å². The lowest BCUT2D eigenvalue weighted by atomic mass is 10.1. The third kappa shape index (κ3) is 7.20. The van der Waals surface area contributed by atoms with E-state index in [0.29, 0.717) is 0 Å². The summed E-state index contributed by atoms with van der Waals surface area (Å²) in [5.41, 5.74) is 0. The van der Waals surface area contributed by atoms with Gasteiger partial charge in [-0.3, -0.25) is 0 Å². The molecule has 1 atom stereocenters. The summed E-state index contributed by atoms with van der Waals surface area (Å²) >= 11 is 0. The first-order valence-electron chi connectivity index (χ1n) is 7.77. The highest BCUT2D eigenvalue weighted by Crippen LogP contribution is 2.36. The van der Waals surface area contributed by atoms with Crippen LogP contribution >= 0.6 is 0 Å². The Labute approximate surface area is 128 Å². The minimum absolute atomic E-state index is 0.253. The van der Waals surface area contributed by atoms with Gasteiger partial charge in [0.1, 0.15) is 0 Å². The molecule has 0 saturated heterocycles. The van der Waals surface area contributed by atoms with Gasteiger partial charge in [0, 0.05) is 6.61 Å². The molecule has 20 heavy (non-hydrogen) atoms. The van der Waals surface area contributed by atoms with E-state index in [0.717, 1.165) is 25.9 Å². The molecule has 0 amide bonds. The zero-order valence-electron chi connectivity index (χ0n) is 15.0. The van der Waals surface area contributed by atoms with Gasteiger partial charge in [0.2, 0.25) is 0 Å². The van der Waals surface area contributed by atoms with Gasteiger partial charge in [0.15, 0.2) is 8.32 Å². The van der Waals surface area contributed by atoms with Crippen molar-refractivity contribution < 1.29 is 9.53 Å². The maximum atomic E-state index is 10.1. The van der Waals surface area contributed by atoms with Gasteiger partial charge in [-0.15, -0.1) is 6.58 Å². The fraction of sp³-hybridized carbons (Fsp3) is 0.875. The Bertz CT molecular complexity index is 311. The van der Waals surface area contributed by atoms with E-state index in [1.807, 2.05) is 0 Å². The molecule has 0 rings (SSSR count). The van der Waals surface area contributed by atoms with E-state index >= 15 is 0 Å². The summed E-state index contributed by atoms with van der Waals surface area (Å²) in [5.74, 6) is 0. The van der Waals surface area contributed by atoms with Crippen LogP contribution in [0, 0.1) is 0 Å². The molecule has 4 heteroatoms. The van der Waals surface area contributed by atoms with E-state index in [1.54, 1.807) is 0 Å². The highest BCUT2D eigenvalue weighted by Gasteiger charge is 2.36. The smallest absolute Gasteiger partial charge is 0.191 e. The first kappa shape index (κ1) is 20.1. The molecule has 0 aliphatic rings. The topological polar surface area (TPSA) is 29.5 Å². The Morgan fingerprint density at radius 2 is 1.65 bits per heavy atom. The van der Waals surface area contributed by atoms with Crippen LogP contribution in [0.15, 0.2) is 11.8 Å². The maximum absolute atomic E-state index is 10.1. The number of aliphatic hydroxyl groups excluding tert-OH is 1. The van der Waals surface area contributed by atoms with Crippen LogP contribution in [0.5, 0.6) is 0 Å². The fourth-order valence-electron chi connectivity index (χ4n) is 1.56. The summed E-state index contributed by atoms with van der Waals surface area (Å²) in [7, 11) is -2.94. The quantitative estimate of drug-likeness (QED) is 0.506. The molecule has 0 heterocycles. The number of hydrogen-bond acceptors (Lipinski definition) is 2. The highest BCUT2D eigenvalue weighted by molar-refractivity contribution is 6.83. The molecule has 0 radical (unpaired) electrons. The second-order valence-electron chi connectivity index (χ2n) is 8.46. The molecule has 0 aliphatic carbocycles. The zero-order chi connectivity index (χ0) is 16.2. The van der Waals surface area contributed by atoms with Gasteiger partial charge in [-0.2, -0.15) is 0 Å². The lowest BCUT2D eigenvalue weighted by Crippen LogP contribution is -2.41. The van der Waals surface area contributed by atoms with Crippen LogP contribution in [0.2, 0.25) is 37.8 Å². The summed E-state index contributed by atoms with van der Waals surface area (Å²) in [6.07, 6.45) is 2.26. The summed E-state index contributed by atoms with van der Waals surface area (Å²) in [4.78, 5) is 0. The van der Waals surface area contributed by atoms with E-state index in [4.69, 9.17) is 4.43 Å². The Hall–Kier alpha value is 0.0938. The standard InChI is InChI=1S/C16H36O2Si2/c1-14(19(5,6)7)13-15(17)11-10-12-18-20(8,9)16(2,3)4/h15,17H,1,10-13H2,2-9H3/t15-/m1/s1. The Kier molecular flexibility index (Phi) is 7.42. The summed E-state index contributed by atoms with van der Waals surface area (Å²) < 4.78 is 6.13. The Morgan fingerprint density at radius 3 is 2.05 bits per heavy atom. The van der Waals surface area contributed by atoms with Gasteiger partial charge in [0.25, 0.3) is 0 Å². The van der Waals surface area contributed by atoms with Crippen LogP contribution in [0.4, 0.5) is 0 Å². The molecule has 0 saturated carbocycles. The molecule has 0 aromatic carbocycles. The minimum atomic E-state index is -1.63. The van der Waals surface area contributed by atoms with Gasteiger partial charge in [-0.25, -0.2) is 0 Å². The first-order chi connectivity index (χ1) is 8.77. The maximum Gasteiger partial charge on any atom is 0.191 e. The van der Waals surface area contributed by atoms with Gasteiger partial charge >= 0.3 is 0 Å². The van der Waals surface area contributed by atoms with Crippen molar-refractivity contribution >= 4 is 16.4 Å². The summed E-state index contributed by atoms with van der Waals surface area (Å²) in [5, 5.41) is 11.6. The van der Waals surface area contributed by atoms with Crippen LogP contribution < -0.4 is 0 Å². The number of hydrogen-bond donors (Lipinski definition) is 1. The highest BCUT2D eigenvalue weighted by atomic mass is 28.4. The van der Waals surface area contributed by atoms with Crippen LogP contribution in [0.25, 0.3) is 0 Å². The zero-order valence-corrected chi connectivity index (χ0v) is 17.0. The van der Waals surface area contributed by atoms with Crippen molar-refractivity contribution in [2.45, 2.75) is 83.9 Å². The van der Waals surface area contributed by atoms with E-state index < -0.39 is 16.4 Å². The molecule has 0 fully saturated rings. The summed E-state index contributed by atoms with van der Waals surface area (Å²) in [6.45, 7) is 23.1. The average molecular weight is 317 g/mol. The minimum Gasteiger partial charge on any atom is -0.417 e. The molecule has 1 N–H and O–H groups in total. The van der Waals surface area contributed by atoms with E-state index in [2.05, 4.69) is 60.1 Å². The SMILES string of the molecule is C=C(C[C@H](O)CCCO[Si](C)(C)C(C)(C)C)[Si](C)(C)C. The largest absolute Gasteiger partial charge is 0.417 e. The molecule has 2 nitrogen and oxygen atoms in total. The molecule has 0 aromatic heterocycles. The van der Waals surface area contributed by atoms with Crippen molar-refractivity contribution in [1.82, 2.24) is 0 Å². The number of rotatable bonds is 8. The molecule has 0 aromatic rings. The van der Waals surface area contributed by atoms with Gasteiger partial charge in [-0.1, -0.05) is 45.6 Å². The molecule has 0 unspecified atom stereocenters. The third-order valence-electron chi connectivity index (χ3n) is 4.49. The predicted octanol–water partition coefficient (Wildman–Crippen LogP) is 4.97. The van der Waals surface area contributed by atoms with Crippen molar-refractivity contribution in [2.24, 2.45) is 0 Å². The molecular weight excluding hydrogens is 280 g/mol. The van der Waals surface area contributed by atoms with Gasteiger partial charge < -0.3 is 9.53 Å². The van der Waals surface area contributed by atoms with Crippen molar-refractivity contribution in [1.29, 1.82) is 0 Å².